The topological polar surface area (TPSA) is 20.3 Å². The normalized spacial score (nSPS) is 20.6. The summed E-state index contributed by atoms with van der Waals surface area (Å²) < 4.78 is 0. The van der Waals surface area contributed by atoms with Crippen LogP contribution in [0.4, 0.5) is 0 Å². The Labute approximate surface area is 165 Å². The van der Waals surface area contributed by atoms with Crippen LogP contribution in [-0.2, 0) is 11.3 Å². The molecule has 0 aromatic heterocycles. The minimum Gasteiger partial charge on any atom is -0.299 e. The summed E-state index contributed by atoms with van der Waals surface area (Å²) >= 11 is 6.12. The first-order valence-corrected chi connectivity index (χ1v) is 9.71. The number of hydrogen-bond acceptors (Lipinski definition) is 2. The molecule has 0 aliphatic carbocycles. The summed E-state index contributed by atoms with van der Waals surface area (Å²) in [7, 11) is 0. The first-order valence-electron chi connectivity index (χ1n) is 9.33. The van der Waals surface area contributed by atoms with Gasteiger partial charge in [0.25, 0.3) is 0 Å². The van der Waals surface area contributed by atoms with Gasteiger partial charge in [0, 0.05) is 30.6 Å². The van der Waals surface area contributed by atoms with Crippen LogP contribution in [0.3, 0.4) is 0 Å². The molecule has 3 aromatic carbocycles. The minimum atomic E-state index is -0.162. The van der Waals surface area contributed by atoms with Crippen LogP contribution in [0.2, 0.25) is 5.02 Å². The summed E-state index contributed by atoms with van der Waals surface area (Å²) in [4.78, 5) is 15.4. The molecule has 0 amide bonds. The van der Waals surface area contributed by atoms with E-state index in [-0.39, 0.29) is 12.0 Å². The Hall–Kier alpha value is -2.42. The Kier molecular flexibility index (Phi) is 5.38. The van der Waals surface area contributed by atoms with Crippen LogP contribution in [0, 0.1) is 0 Å². The van der Waals surface area contributed by atoms with Crippen molar-refractivity contribution in [3.05, 3.63) is 107 Å². The van der Waals surface area contributed by atoms with Crippen LogP contribution in [0.25, 0.3) is 0 Å². The number of carbonyl (C=O) groups excluding carboxylic acids is 1. The number of Topliss-reactive ketones (excluding diaryl/α,β-unsaturated/α-hetero) is 1. The van der Waals surface area contributed by atoms with Gasteiger partial charge in [0.2, 0.25) is 0 Å². The molecule has 2 nitrogen and oxygen atoms in total. The third kappa shape index (κ3) is 3.97. The molecular formula is C24H22ClNO. The zero-order valence-corrected chi connectivity index (χ0v) is 15.8. The largest absolute Gasteiger partial charge is 0.299 e. The molecule has 4 rings (SSSR count). The first-order chi connectivity index (χ1) is 13.2. The van der Waals surface area contributed by atoms with Gasteiger partial charge in [-0.2, -0.15) is 0 Å². The molecule has 1 aliphatic rings. The van der Waals surface area contributed by atoms with Crippen LogP contribution in [-0.4, -0.2) is 17.2 Å². The van der Waals surface area contributed by atoms with Gasteiger partial charge in [-0.15, -0.1) is 0 Å². The van der Waals surface area contributed by atoms with E-state index in [1.54, 1.807) is 0 Å². The molecule has 1 aliphatic heterocycles. The molecule has 1 fully saturated rings. The Morgan fingerprint density at radius 2 is 1.44 bits per heavy atom. The molecule has 1 heterocycles. The van der Waals surface area contributed by atoms with Crippen molar-refractivity contribution in [2.24, 2.45) is 0 Å². The van der Waals surface area contributed by atoms with E-state index < -0.39 is 0 Å². The molecule has 2 atom stereocenters. The zero-order valence-electron chi connectivity index (χ0n) is 15.1. The molecule has 0 bridgehead atoms. The SMILES string of the molecule is O=C1CCN(Cc2ccccc2)C(c2ccc(Cl)cc2)C1c1ccccc1. The van der Waals surface area contributed by atoms with Crippen molar-refractivity contribution in [1.82, 2.24) is 4.90 Å². The number of likely N-dealkylation sites (tertiary alicyclic amines) is 1. The van der Waals surface area contributed by atoms with E-state index >= 15 is 0 Å². The molecule has 27 heavy (non-hydrogen) atoms. The molecule has 0 saturated carbocycles. The number of halogens is 1. The number of nitrogens with zero attached hydrogens (tertiary/aromatic N) is 1. The van der Waals surface area contributed by atoms with Gasteiger partial charge in [-0.1, -0.05) is 84.4 Å². The highest BCUT2D eigenvalue weighted by atomic mass is 35.5. The van der Waals surface area contributed by atoms with Crippen LogP contribution in [0.5, 0.6) is 0 Å². The Bertz CT molecular complexity index is 893. The highest BCUT2D eigenvalue weighted by Crippen LogP contribution is 2.41. The van der Waals surface area contributed by atoms with Gasteiger partial charge in [0.1, 0.15) is 5.78 Å². The maximum Gasteiger partial charge on any atom is 0.143 e. The average Bonchev–Trinajstić information content (AvgIpc) is 2.71. The Balaban J connectivity index is 1.75. The lowest BCUT2D eigenvalue weighted by atomic mass is 9.79. The monoisotopic (exact) mass is 375 g/mol. The fourth-order valence-electron chi connectivity index (χ4n) is 4.02. The summed E-state index contributed by atoms with van der Waals surface area (Å²) in [6, 6.07) is 28.6. The van der Waals surface area contributed by atoms with Gasteiger partial charge >= 0.3 is 0 Å². The van der Waals surface area contributed by atoms with E-state index in [2.05, 4.69) is 53.4 Å². The van der Waals surface area contributed by atoms with Gasteiger partial charge in [-0.25, -0.2) is 0 Å². The van der Waals surface area contributed by atoms with Crippen molar-refractivity contribution in [3.63, 3.8) is 0 Å². The van der Waals surface area contributed by atoms with E-state index in [0.29, 0.717) is 17.2 Å². The van der Waals surface area contributed by atoms with E-state index in [4.69, 9.17) is 11.6 Å². The molecule has 136 valence electrons. The van der Waals surface area contributed by atoms with Gasteiger partial charge < -0.3 is 0 Å². The Morgan fingerprint density at radius 1 is 0.815 bits per heavy atom. The Morgan fingerprint density at radius 3 is 2.11 bits per heavy atom. The maximum absolute atomic E-state index is 13.0. The van der Waals surface area contributed by atoms with E-state index in [1.807, 2.05) is 36.4 Å². The smallest absolute Gasteiger partial charge is 0.143 e. The predicted molar refractivity (Wildman–Crippen MR) is 110 cm³/mol. The second kappa shape index (κ2) is 8.08. The quantitative estimate of drug-likeness (QED) is 0.588. The lowest BCUT2D eigenvalue weighted by Crippen LogP contribution is -2.42. The minimum absolute atomic E-state index is 0.00567. The van der Waals surface area contributed by atoms with Crippen LogP contribution >= 0.6 is 11.6 Å². The number of carbonyl (C=O) groups is 1. The fraction of sp³-hybridized carbons (Fsp3) is 0.208. The van der Waals surface area contributed by atoms with Crippen molar-refractivity contribution in [2.45, 2.75) is 24.9 Å². The van der Waals surface area contributed by atoms with Gasteiger partial charge in [0.05, 0.1) is 5.92 Å². The predicted octanol–water partition coefficient (Wildman–Crippen LogP) is 5.64. The summed E-state index contributed by atoms with van der Waals surface area (Å²) in [5, 5.41) is 0.715. The molecule has 2 unspecified atom stereocenters. The summed E-state index contributed by atoms with van der Waals surface area (Å²) in [6.07, 6.45) is 0.580. The number of rotatable bonds is 4. The number of piperidine rings is 1. The number of ketones is 1. The van der Waals surface area contributed by atoms with Crippen LogP contribution < -0.4 is 0 Å². The van der Waals surface area contributed by atoms with Crippen molar-refractivity contribution in [2.75, 3.05) is 6.54 Å². The van der Waals surface area contributed by atoms with Gasteiger partial charge in [0.15, 0.2) is 0 Å². The lowest BCUT2D eigenvalue weighted by Gasteiger charge is -2.41. The van der Waals surface area contributed by atoms with Gasteiger partial charge in [-0.05, 0) is 28.8 Å². The van der Waals surface area contributed by atoms with Crippen LogP contribution in [0.15, 0.2) is 84.9 Å². The highest BCUT2D eigenvalue weighted by molar-refractivity contribution is 6.30. The molecular weight excluding hydrogens is 354 g/mol. The number of benzene rings is 3. The maximum atomic E-state index is 13.0. The zero-order chi connectivity index (χ0) is 18.6. The summed E-state index contributed by atoms with van der Waals surface area (Å²) in [5.74, 6) is 0.148. The van der Waals surface area contributed by atoms with E-state index in [1.165, 1.54) is 5.56 Å². The van der Waals surface area contributed by atoms with E-state index in [0.717, 1.165) is 24.2 Å². The van der Waals surface area contributed by atoms with E-state index in [9.17, 15) is 4.79 Å². The molecule has 3 aromatic rings. The number of hydrogen-bond donors (Lipinski definition) is 0. The molecule has 3 heteroatoms. The third-order valence-electron chi connectivity index (χ3n) is 5.30. The summed E-state index contributed by atoms with van der Waals surface area (Å²) in [6.45, 7) is 1.59. The van der Waals surface area contributed by atoms with Crippen molar-refractivity contribution in [3.8, 4) is 0 Å². The van der Waals surface area contributed by atoms with Gasteiger partial charge in [-0.3, -0.25) is 9.69 Å². The standard InChI is InChI=1S/C24H22ClNO/c25-21-13-11-20(12-14-21)24-23(19-9-5-2-6-10-19)22(27)15-16-26(24)17-18-7-3-1-4-8-18/h1-14,23-24H,15-17H2. The van der Waals surface area contributed by atoms with Crippen LogP contribution in [0.1, 0.15) is 35.1 Å². The molecule has 0 spiro atoms. The van der Waals surface area contributed by atoms with Crippen molar-refractivity contribution >= 4 is 17.4 Å². The summed E-state index contributed by atoms with van der Waals surface area (Å²) in [5.41, 5.74) is 3.48. The first kappa shape index (κ1) is 18.0. The fourth-order valence-corrected chi connectivity index (χ4v) is 4.15. The second-order valence-electron chi connectivity index (χ2n) is 7.06. The molecule has 1 saturated heterocycles. The molecule has 0 radical (unpaired) electrons. The highest BCUT2D eigenvalue weighted by Gasteiger charge is 2.38. The third-order valence-corrected chi connectivity index (χ3v) is 5.55. The second-order valence-corrected chi connectivity index (χ2v) is 7.49. The van der Waals surface area contributed by atoms with Crippen molar-refractivity contribution < 1.29 is 4.79 Å². The average molecular weight is 376 g/mol. The lowest BCUT2D eigenvalue weighted by molar-refractivity contribution is -0.125. The van der Waals surface area contributed by atoms with Crippen molar-refractivity contribution in [1.29, 1.82) is 0 Å². The molecule has 0 N–H and O–H groups in total.